The molecule has 0 aromatic carbocycles. The topological polar surface area (TPSA) is 186 Å². The third kappa shape index (κ3) is 22.0. The number of guanidine groups is 1. The highest BCUT2D eigenvalue weighted by molar-refractivity contribution is 7.52. The number of carboxylic acids is 1. The highest BCUT2D eigenvalue weighted by Gasteiger charge is 2.35. The van der Waals surface area contributed by atoms with E-state index in [1.54, 1.807) is 0 Å². The molecule has 1 unspecified atom stereocenters. The number of likely N-dealkylation sites (N-methyl/N-ethyl adjacent to an activating group) is 1. The van der Waals surface area contributed by atoms with Gasteiger partial charge in [0.25, 0.3) is 0 Å². The lowest BCUT2D eigenvalue weighted by molar-refractivity contribution is -0.143. The molecule has 1 fully saturated rings. The number of hydrogen-bond donors (Lipinski definition) is 2. The smallest absolute Gasteiger partial charge is 0.480 e. The molecule has 3 N–H and O–H groups in total. The average molecular weight is 722 g/mol. The molecule has 0 bridgehead atoms. The maximum absolute atomic E-state index is 13.7. The van der Waals surface area contributed by atoms with Gasteiger partial charge in [0.1, 0.15) is 6.04 Å². The van der Waals surface area contributed by atoms with Crippen LogP contribution in [0.5, 0.6) is 0 Å². The summed E-state index contributed by atoms with van der Waals surface area (Å²) < 4.78 is 49.1. The molecule has 15 heteroatoms. The molecule has 1 aliphatic carbocycles. The third-order valence-corrected chi connectivity index (χ3v) is 9.78. The Morgan fingerprint density at radius 2 is 1.10 bits per heavy atom. The van der Waals surface area contributed by atoms with Gasteiger partial charge in [0.2, 0.25) is 5.96 Å². The zero-order chi connectivity index (χ0) is 36.2. The first-order valence-electron chi connectivity index (χ1n) is 18.4. The highest BCUT2D eigenvalue weighted by atomic mass is 31.2. The lowest BCUT2D eigenvalue weighted by Gasteiger charge is -2.34. The largest absolute Gasteiger partial charge is 0.508 e. The zero-order valence-electron chi connectivity index (χ0n) is 30.3. The molecule has 0 aromatic rings. The number of nitrogens with zero attached hydrogens (tertiary/aromatic N) is 2. The molecule has 1 aliphatic rings. The van der Waals surface area contributed by atoms with Crippen molar-refractivity contribution in [3.63, 3.8) is 0 Å². The molecular weight excluding hydrogens is 657 g/mol. The van der Waals surface area contributed by atoms with E-state index in [1.165, 1.54) is 50.5 Å². The minimum absolute atomic E-state index is 0.0497. The quantitative estimate of drug-likeness (QED) is 0.0259. The molecule has 0 radical (unpaired) electrons. The summed E-state index contributed by atoms with van der Waals surface area (Å²) in [7, 11) is -2.76. The first-order valence-corrected chi connectivity index (χ1v) is 19.9. The monoisotopic (exact) mass is 721 g/mol. The summed E-state index contributed by atoms with van der Waals surface area (Å²) in [6.07, 6.45) is 15.9. The second kappa shape index (κ2) is 28.2. The van der Waals surface area contributed by atoms with Crippen molar-refractivity contribution >= 4 is 32.0 Å². The summed E-state index contributed by atoms with van der Waals surface area (Å²) in [6.45, 7) is 4.46. The summed E-state index contributed by atoms with van der Waals surface area (Å²) in [5, 5.41) is 9.97. The first-order chi connectivity index (χ1) is 23.6. The number of rotatable bonds is 28. The molecule has 0 amide bonds. The van der Waals surface area contributed by atoms with Gasteiger partial charge in [0, 0.05) is 19.9 Å². The molecule has 0 aromatic heterocycles. The summed E-state index contributed by atoms with van der Waals surface area (Å²) >= 11 is 0. The molecule has 1 saturated carbocycles. The first kappa shape index (κ1) is 44.5. The fraction of sp³-hybridized carbons (Fsp3) is 0.882. The number of nitrogens with two attached hydrogens (primary N) is 1. The van der Waals surface area contributed by atoms with Crippen molar-refractivity contribution in [2.45, 2.75) is 142 Å². The van der Waals surface area contributed by atoms with Crippen LogP contribution in [0.3, 0.4) is 0 Å². The maximum atomic E-state index is 13.7. The van der Waals surface area contributed by atoms with Gasteiger partial charge in [-0.2, -0.15) is 0 Å². The summed E-state index contributed by atoms with van der Waals surface area (Å²) in [6, 6.07) is -0.955. The van der Waals surface area contributed by atoms with Crippen LogP contribution in [0.25, 0.3) is 0 Å². The standard InChI is InChI=1S/C34H64N3O11P/c1-4-6-8-10-12-17-23-43-33(40)45-25-19-27-47-49(42,36-32(35)37(3)30(31(38)39)29-21-15-14-16-22-29)48-28-20-26-46-34(41)44-24-18-13-11-9-7-5-2/h29-30H,4-28H2,1-3H3,(H,38,39)(H2,35,36,42). The molecule has 1 atom stereocenters. The van der Waals surface area contributed by atoms with Crippen LogP contribution in [-0.2, 0) is 37.4 Å². The Morgan fingerprint density at radius 3 is 1.53 bits per heavy atom. The number of carbonyl (C=O) groups is 3. The summed E-state index contributed by atoms with van der Waals surface area (Å²) in [5.74, 6) is -1.49. The van der Waals surface area contributed by atoms with Crippen LogP contribution >= 0.6 is 7.75 Å². The number of carbonyl (C=O) groups excluding carboxylic acids is 2. The van der Waals surface area contributed by atoms with Crippen molar-refractivity contribution in [2.24, 2.45) is 16.4 Å². The Balaban J connectivity index is 2.62. The van der Waals surface area contributed by atoms with Gasteiger partial charge in [0.15, 0.2) is 0 Å². The Hall–Kier alpha value is -2.57. The molecule has 0 aliphatic heterocycles. The van der Waals surface area contributed by atoms with Gasteiger partial charge < -0.3 is 34.7 Å². The van der Waals surface area contributed by atoms with Crippen molar-refractivity contribution in [3.05, 3.63) is 0 Å². The number of hydrogen-bond acceptors (Lipinski definition) is 10. The van der Waals surface area contributed by atoms with Crippen LogP contribution in [0.4, 0.5) is 9.59 Å². The molecule has 0 heterocycles. The van der Waals surface area contributed by atoms with E-state index in [4.69, 9.17) is 33.7 Å². The Morgan fingerprint density at radius 1 is 0.694 bits per heavy atom. The van der Waals surface area contributed by atoms with Gasteiger partial charge in [-0.05, 0) is 31.6 Å². The van der Waals surface area contributed by atoms with Gasteiger partial charge >= 0.3 is 26.0 Å². The van der Waals surface area contributed by atoms with Crippen LogP contribution in [-0.4, -0.2) is 87.0 Å². The van der Waals surface area contributed by atoms with Crippen molar-refractivity contribution in [2.75, 3.05) is 46.7 Å². The lowest BCUT2D eigenvalue weighted by Crippen LogP contribution is -2.50. The second-order valence-electron chi connectivity index (χ2n) is 12.5. The van der Waals surface area contributed by atoms with Crippen LogP contribution in [0.15, 0.2) is 4.76 Å². The predicted octanol–water partition coefficient (Wildman–Crippen LogP) is 8.22. The van der Waals surface area contributed by atoms with Crippen molar-refractivity contribution in [3.8, 4) is 0 Å². The Labute approximate surface area is 293 Å². The van der Waals surface area contributed by atoms with Crippen LogP contribution in [0.1, 0.15) is 136 Å². The SMILES string of the molecule is CCCCCCCCOC(=O)OCCCOP(=O)(N=C(N)N(C)C(C(=O)O)C1CCCCC1)OCCCOC(=O)OCCCCCCCC. The minimum Gasteiger partial charge on any atom is -0.480 e. The number of carboxylic acid groups (broad SMARTS) is 1. The van der Waals surface area contributed by atoms with Gasteiger partial charge in [-0.1, -0.05) is 97.3 Å². The minimum atomic E-state index is -4.25. The van der Waals surface area contributed by atoms with E-state index in [0.717, 1.165) is 70.6 Å². The van der Waals surface area contributed by atoms with Gasteiger partial charge in [-0.25, -0.2) is 18.9 Å². The zero-order valence-corrected chi connectivity index (χ0v) is 31.2. The Bertz CT molecular complexity index is 935. The normalized spacial score (nSPS) is 14.6. The number of aliphatic carboxylic acids is 1. The van der Waals surface area contributed by atoms with E-state index in [1.807, 2.05) is 0 Å². The molecular formula is C34H64N3O11P. The second-order valence-corrected chi connectivity index (χ2v) is 14.2. The van der Waals surface area contributed by atoms with E-state index < -0.39 is 32.1 Å². The molecule has 0 spiro atoms. The summed E-state index contributed by atoms with van der Waals surface area (Å²) in [4.78, 5) is 37.2. The van der Waals surface area contributed by atoms with Gasteiger partial charge in [-0.3, -0.25) is 9.05 Å². The van der Waals surface area contributed by atoms with E-state index >= 15 is 0 Å². The van der Waals surface area contributed by atoms with Crippen molar-refractivity contribution < 1.29 is 52.1 Å². The van der Waals surface area contributed by atoms with Gasteiger partial charge in [-0.15, -0.1) is 4.76 Å². The Kier molecular flexibility index (Phi) is 25.5. The predicted molar refractivity (Wildman–Crippen MR) is 187 cm³/mol. The molecule has 1 rings (SSSR count). The molecule has 14 nitrogen and oxygen atoms in total. The molecule has 0 saturated heterocycles. The number of unbranched alkanes of at least 4 members (excludes halogenated alkanes) is 10. The van der Waals surface area contributed by atoms with Crippen LogP contribution in [0, 0.1) is 5.92 Å². The summed E-state index contributed by atoms with van der Waals surface area (Å²) in [5.41, 5.74) is 6.18. The van der Waals surface area contributed by atoms with E-state index in [0.29, 0.717) is 0 Å². The fourth-order valence-corrected chi connectivity index (χ4v) is 6.82. The maximum Gasteiger partial charge on any atom is 0.508 e. The number of ether oxygens (including phenoxy) is 4. The van der Waals surface area contributed by atoms with Crippen molar-refractivity contribution in [1.29, 1.82) is 0 Å². The van der Waals surface area contributed by atoms with Crippen LogP contribution < -0.4 is 5.73 Å². The van der Waals surface area contributed by atoms with Crippen LogP contribution in [0.2, 0.25) is 0 Å². The fourth-order valence-electron chi connectivity index (χ4n) is 5.51. The molecule has 49 heavy (non-hydrogen) atoms. The van der Waals surface area contributed by atoms with E-state index in [-0.39, 0.29) is 64.4 Å². The highest BCUT2D eigenvalue weighted by Crippen LogP contribution is 2.50. The molecule has 286 valence electrons. The lowest BCUT2D eigenvalue weighted by atomic mass is 9.83. The van der Waals surface area contributed by atoms with E-state index in [9.17, 15) is 24.1 Å². The average Bonchev–Trinajstić information content (AvgIpc) is 3.07. The third-order valence-electron chi connectivity index (χ3n) is 8.31. The van der Waals surface area contributed by atoms with Crippen molar-refractivity contribution in [1.82, 2.24) is 4.90 Å². The van der Waals surface area contributed by atoms with E-state index in [2.05, 4.69) is 18.6 Å². The van der Waals surface area contributed by atoms with Gasteiger partial charge in [0.05, 0.1) is 39.6 Å².